The molecular weight excluding hydrogens is 276 g/mol. The zero-order valence-electron chi connectivity index (χ0n) is 11.0. The van der Waals surface area contributed by atoms with Gasteiger partial charge in [-0.25, -0.2) is 0 Å². The minimum absolute atomic E-state index is 0.144. The molecule has 102 valence electrons. The van der Waals surface area contributed by atoms with Gasteiger partial charge in [-0.1, -0.05) is 6.07 Å². The van der Waals surface area contributed by atoms with Gasteiger partial charge >= 0.3 is 0 Å². The quantitative estimate of drug-likeness (QED) is 0.812. The first-order valence-corrected chi connectivity index (χ1v) is 6.85. The van der Waals surface area contributed by atoms with E-state index in [-0.39, 0.29) is 5.78 Å². The van der Waals surface area contributed by atoms with Gasteiger partial charge in [-0.3, -0.25) is 4.79 Å². The third-order valence-electron chi connectivity index (χ3n) is 3.00. The van der Waals surface area contributed by atoms with Crippen molar-refractivity contribution in [2.45, 2.75) is 0 Å². The third-order valence-corrected chi connectivity index (χ3v) is 3.82. The van der Waals surface area contributed by atoms with Gasteiger partial charge in [0.15, 0.2) is 17.3 Å². The SMILES string of the molecule is COc1ccc2c(c1OC)OC(=Cc1cccs1)C2=O. The number of thiophene rings is 1. The van der Waals surface area contributed by atoms with Crippen molar-refractivity contribution in [3.05, 3.63) is 45.8 Å². The number of rotatable bonds is 3. The summed E-state index contributed by atoms with van der Waals surface area (Å²) in [7, 11) is 3.07. The topological polar surface area (TPSA) is 44.8 Å². The first-order valence-electron chi connectivity index (χ1n) is 5.97. The average molecular weight is 288 g/mol. The van der Waals surface area contributed by atoms with Crippen molar-refractivity contribution >= 4 is 23.2 Å². The Morgan fingerprint density at radius 1 is 1.20 bits per heavy atom. The monoisotopic (exact) mass is 288 g/mol. The van der Waals surface area contributed by atoms with Crippen LogP contribution in [0, 0.1) is 0 Å². The molecule has 20 heavy (non-hydrogen) atoms. The smallest absolute Gasteiger partial charge is 0.232 e. The lowest BCUT2D eigenvalue weighted by molar-refractivity contribution is 0.101. The number of carbonyl (C=O) groups excluding carboxylic acids is 1. The summed E-state index contributed by atoms with van der Waals surface area (Å²) in [6, 6.07) is 7.24. The van der Waals surface area contributed by atoms with Crippen molar-refractivity contribution in [3.8, 4) is 17.2 Å². The summed E-state index contributed by atoms with van der Waals surface area (Å²) in [4.78, 5) is 13.3. The van der Waals surface area contributed by atoms with Crippen LogP contribution in [0.1, 0.15) is 15.2 Å². The second-order valence-corrected chi connectivity index (χ2v) is 5.11. The Balaban J connectivity index is 2.06. The number of allylic oxidation sites excluding steroid dienone is 1. The van der Waals surface area contributed by atoms with Gasteiger partial charge in [-0.2, -0.15) is 0 Å². The van der Waals surface area contributed by atoms with Crippen LogP contribution < -0.4 is 14.2 Å². The third kappa shape index (κ3) is 1.96. The molecule has 0 radical (unpaired) electrons. The summed E-state index contributed by atoms with van der Waals surface area (Å²) >= 11 is 1.54. The van der Waals surface area contributed by atoms with E-state index >= 15 is 0 Å². The molecule has 1 aromatic carbocycles. The van der Waals surface area contributed by atoms with E-state index in [1.807, 2.05) is 17.5 Å². The molecule has 1 aliphatic rings. The van der Waals surface area contributed by atoms with E-state index in [1.165, 1.54) is 7.11 Å². The molecule has 0 fully saturated rings. The van der Waals surface area contributed by atoms with Crippen LogP contribution in [0.3, 0.4) is 0 Å². The zero-order chi connectivity index (χ0) is 14.1. The maximum Gasteiger partial charge on any atom is 0.232 e. The molecule has 0 saturated heterocycles. The summed E-state index contributed by atoms with van der Waals surface area (Å²) in [5.74, 6) is 1.55. The maximum atomic E-state index is 12.3. The van der Waals surface area contributed by atoms with Crippen LogP contribution >= 0.6 is 11.3 Å². The first-order chi connectivity index (χ1) is 9.74. The molecule has 0 N–H and O–H groups in total. The number of benzene rings is 1. The van der Waals surface area contributed by atoms with Crippen LogP contribution in [0.2, 0.25) is 0 Å². The molecule has 0 aliphatic carbocycles. The summed E-state index contributed by atoms with van der Waals surface area (Å²) in [6.45, 7) is 0. The molecule has 5 heteroatoms. The Hall–Kier alpha value is -2.27. The van der Waals surface area contributed by atoms with Crippen LogP contribution in [0.5, 0.6) is 17.2 Å². The molecular formula is C15H12O4S. The van der Waals surface area contributed by atoms with E-state index in [0.717, 1.165) is 4.88 Å². The van der Waals surface area contributed by atoms with Gasteiger partial charge in [-0.05, 0) is 23.6 Å². The van der Waals surface area contributed by atoms with E-state index in [1.54, 1.807) is 36.7 Å². The van der Waals surface area contributed by atoms with Gasteiger partial charge in [0.2, 0.25) is 11.5 Å². The lowest BCUT2D eigenvalue weighted by Gasteiger charge is -2.10. The largest absolute Gasteiger partial charge is 0.493 e. The standard InChI is InChI=1S/C15H12O4S/c1-17-11-6-5-10-13(16)12(8-9-4-3-7-20-9)19-14(10)15(11)18-2/h3-8H,1-2H3. The van der Waals surface area contributed by atoms with Gasteiger partial charge < -0.3 is 14.2 Å². The van der Waals surface area contributed by atoms with E-state index in [0.29, 0.717) is 28.6 Å². The molecule has 4 nitrogen and oxygen atoms in total. The van der Waals surface area contributed by atoms with Crippen molar-refractivity contribution < 1.29 is 19.0 Å². The van der Waals surface area contributed by atoms with Crippen molar-refractivity contribution in [2.24, 2.45) is 0 Å². The highest BCUT2D eigenvalue weighted by Crippen LogP contribution is 2.45. The second-order valence-electron chi connectivity index (χ2n) is 4.13. The molecule has 2 aromatic rings. The Morgan fingerprint density at radius 2 is 2.05 bits per heavy atom. The molecule has 0 amide bonds. The van der Waals surface area contributed by atoms with Crippen LogP contribution in [0.15, 0.2) is 35.4 Å². The summed E-state index contributed by atoms with van der Waals surface area (Å²) in [6.07, 6.45) is 1.74. The fraction of sp³-hybridized carbons (Fsp3) is 0.133. The number of ketones is 1. The Morgan fingerprint density at radius 3 is 2.70 bits per heavy atom. The van der Waals surface area contributed by atoms with Gasteiger partial charge in [-0.15, -0.1) is 11.3 Å². The van der Waals surface area contributed by atoms with Crippen molar-refractivity contribution in [3.63, 3.8) is 0 Å². The van der Waals surface area contributed by atoms with Crippen molar-refractivity contribution in [1.82, 2.24) is 0 Å². The fourth-order valence-electron chi connectivity index (χ4n) is 2.07. The van der Waals surface area contributed by atoms with Crippen LogP contribution in [-0.4, -0.2) is 20.0 Å². The van der Waals surface area contributed by atoms with Crippen LogP contribution in [0.25, 0.3) is 6.08 Å². The summed E-state index contributed by atoms with van der Waals surface area (Å²) in [5.41, 5.74) is 0.491. The van der Waals surface area contributed by atoms with E-state index in [2.05, 4.69) is 0 Å². The fourth-order valence-corrected chi connectivity index (χ4v) is 2.71. The van der Waals surface area contributed by atoms with Gasteiger partial charge in [0.05, 0.1) is 19.8 Å². The number of ether oxygens (including phenoxy) is 3. The average Bonchev–Trinajstić information content (AvgIpc) is 3.07. The molecule has 0 atom stereocenters. The molecule has 1 aromatic heterocycles. The van der Waals surface area contributed by atoms with Gasteiger partial charge in [0.25, 0.3) is 0 Å². The van der Waals surface area contributed by atoms with Crippen molar-refractivity contribution in [1.29, 1.82) is 0 Å². The maximum absolute atomic E-state index is 12.3. The van der Waals surface area contributed by atoms with Gasteiger partial charge in [0, 0.05) is 11.0 Å². The predicted octanol–water partition coefficient (Wildman–Crippen LogP) is 3.38. The highest BCUT2D eigenvalue weighted by atomic mass is 32.1. The lowest BCUT2D eigenvalue weighted by Crippen LogP contribution is -1.97. The molecule has 2 heterocycles. The zero-order valence-corrected chi connectivity index (χ0v) is 11.8. The number of fused-ring (bicyclic) bond motifs is 1. The minimum atomic E-state index is -0.144. The number of Topliss-reactive ketones (excluding diaryl/α,β-unsaturated/α-hetero) is 1. The first kappa shape index (κ1) is 12.7. The lowest BCUT2D eigenvalue weighted by atomic mass is 10.1. The molecule has 0 bridgehead atoms. The number of hydrogen-bond donors (Lipinski definition) is 0. The highest BCUT2D eigenvalue weighted by Gasteiger charge is 2.32. The number of hydrogen-bond acceptors (Lipinski definition) is 5. The summed E-state index contributed by atoms with van der Waals surface area (Å²) < 4.78 is 16.2. The van der Waals surface area contributed by atoms with E-state index in [4.69, 9.17) is 14.2 Å². The molecule has 3 rings (SSSR count). The van der Waals surface area contributed by atoms with E-state index < -0.39 is 0 Å². The van der Waals surface area contributed by atoms with Crippen molar-refractivity contribution in [2.75, 3.05) is 14.2 Å². The highest BCUT2D eigenvalue weighted by molar-refractivity contribution is 7.10. The number of methoxy groups -OCH3 is 2. The normalized spacial score (nSPS) is 15.1. The second kappa shape index (κ2) is 5.02. The predicted molar refractivity (Wildman–Crippen MR) is 76.8 cm³/mol. The molecule has 0 spiro atoms. The Kier molecular flexibility index (Phi) is 3.20. The number of carbonyl (C=O) groups is 1. The molecule has 0 unspecified atom stereocenters. The van der Waals surface area contributed by atoms with E-state index in [9.17, 15) is 4.79 Å². The van der Waals surface area contributed by atoms with Gasteiger partial charge in [0.1, 0.15) is 0 Å². The molecule has 1 aliphatic heterocycles. The van der Waals surface area contributed by atoms with Crippen LogP contribution in [0.4, 0.5) is 0 Å². The van der Waals surface area contributed by atoms with Crippen LogP contribution in [-0.2, 0) is 0 Å². The Bertz CT molecular complexity index is 686. The summed E-state index contributed by atoms with van der Waals surface area (Å²) in [5, 5.41) is 1.95. The minimum Gasteiger partial charge on any atom is -0.493 e. The Labute approximate surface area is 120 Å². The molecule has 0 saturated carbocycles.